The van der Waals surface area contributed by atoms with Crippen LogP contribution in [0.25, 0.3) is 0 Å². The van der Waals surface area contributed by atoms with Gasteiger partial charge in [-0.3, -0.25) is 9.59 Å². The molecule has 0 aromatic carbocycles. The molecule has 0 spiro atoms. The normalized spacial score (nSPS) is 17.6. The van der Waals surface area contributed by atoms with Gasteiger partial charge in [0, 0.05) is 26.4 Å². The molecule has 1 N–H and O–H groups in total. The van der Waals surface area contributed by atoms with Gasteiger partial charge >= 0.3 is 5.97 Å². The molecule has 1 atom stereocenters. The highest BCUT2D eigenvalue weighted by atomic mass is 16.5. The number of unbranched alkanes of at least 4 members (excludes halogenated alkanes) is 2. The second-order valence-electron chi connectivity index (χ2n) is 5.29. The van der Waals surface area contributed by atoms with Gasteiger partial charge in [-0.15, -0.1) is 0 Å². The van der Waals surface area contributed by atoms with Crippen LogP contribution in [-0.2, 0) is 19.1 Å². The molecule has 1 saturated heterocycles. The van der Waals surface area contributed by atoms with E-state index in [9.17, 15) is 14.4 Å². The molecule has 1 heterocycles. The second-order valence-corrected chi connectivity index (χ2v) is 5.29. The topological polar surface area (TPSA) is 75.7 Å². The van der Waals surface area contributed by atoms with Gasteiger partial charge < -0.3 is 15.0 Å². The molecule has 0 bridgehead atoms. The van der Waals surface area contributed by atoms with Crippen molar-refractivity contribution in [2.24, 2.45) is 0 Å². The molecule has 1 rings (SSSR count). The predicted molar refractivity (Wildman–Crippen MR) is 78.5 cm³/mol. The van der Waals surface area contributed by atoms with Crippen molar-refractivity contribution >= 4 is 17.8 Å². The monoisotopic (exact) mass is 298 g/mol. The third-order valence-electron chi connectivity index (χ3n) is 3.57. The van der Waals surface area contributed by atoms with Gasteiger partial charge in [0.2, 0.25) is 11.8 Å². The maximum absolute atomic E-state index is 12.2. The van der Waals surface area contributed by atoms with Crippen LogP contribution in [0.15, 0.2) is 0 Å². The van der Waals surface area contributed by atoms with E-state index in [2.05, 4.69) is 5.32 Å². The zero-order valence-electron chi connectivity index (χ0n) is 13.0. The number of nitrogens with zero attached hydrogens (tertiary/aromatic N) is 1. The average molecular weight is 298 g/mol. The largest absolute Gasteiger partial charge is 0.464 e. The van der Waals surface area contributed by atoms with Crippen LogP contribution >= 0.6 is 0 Å². The van der Waals surface area contributed by atoms with Gasteiger partial charge in [-0.2, -0.15) is 0 Å². The van der Waals surface area contributed by atoms with Crippen molar-refractivity contribution in [1.29, 1.82) is 0 Å². The number of ether oxygens (including phenoxy) is 1. The molecule has 120 valence electrons. The fourth-order valence-electron chi connectivity index (χ4n) is 2.53. The maximum Gasteiger partial charge on any atom is 0.328 e. The molecule has 21 heavy (non-hydrogen) atoms. The molecule has 6 heteroatoms. The van der Waals surface area contributed by atoms with E-state index in [-0.39, 0.29) is 17.8 Å². The number of nitrogens with one attached hydrogen (secondary N) is 1. The van der Waals surface area contributed by atoms with Crippen molar-refractivity contribution in [3.8, 4) is 0 Å². The van der Waals surface area contributed by atoms with Gasteiger partial charge in [0.05, 0.1) is 6.61 Å². The second kappa shape index (κ2) is 9.37. The van der Waals surface area contributed by atoms with Crippen LogP contribution in [0.3, 0.4) is 0 Å². The molecule has 1 aliphatic rings. The van der Waals surface area contributed by atoms with Crippen LogP contribution < -0.4 is 5.32 Å². The Labute approximate surface area is 126 Å². The quantitative estimate of drug-likeness (QED) is 0.540. The zero-order chi connectivity index (χ0) is 15.7. The molecule has 0 aromatic heterocycles. The first kappa shape index (κ1) is 17.5. The summed E-state index contributed by atoms with van der Waals surface area (Å²) < 4.78 is 5.01. The van der Waals surface area contributed by atoms with Crippen molar-refractivity contribution in [3.63, 3.8) is 0 Å². The lowest BCUT2D eigenvalue weighted by Crippen LogP contribution is -2.41. The van der Waals surface area contributed by atoms with Crippen LogP contribution in [0.5, 0.6) is 0 Å². The van der Waals surface area contributed by atoms with E-state index in [0.29, 0.717) is 32.5 Å². The van der Waals surface area contributed by atoms with Crippen LogP contribution in [0, 0.1) is 0 Å². The van der Waals surface area contributed by atoms with Crippen LogP contribution in [0.2, 0.25) is 0 Å². The third kappa shape index (κ3) is 6.14. The van der Waals surface area contributed by atoms with Crippen molar-refractivity contribution in [1.82, 2.24) is 10.2 Å². The summed E-state index contributed by atoms with van der Waals surface area (Å²) in [6.07, 6.45) is 4.56. The predicted octanol–water partition coefficient (Wildman–Crippen LogP) is 1.24. The number of esters is 1. The summed E-state index contributed by atoms with van der Waals surface area (Å²) in [5, 5.41) is 2.73. The molecule has 0 radical (unpaired) electrons. The summed E-state index contributed by atoms with van der Waals surface area (Å²) >= 11 is 0. The van der Waals surface area contributed by atoms with E-state index >= 15 is 0 Å². The summed E-state index contributed by atoms with van der Waals surface area (Å²) in [5.74, 6) is -0.278. The van der Waals surface area contributed by atoms with E-state index in [1.165, 1.54) is 6.92 Å². The van der Waals surface area contributed by atoms with E-state index in [1.54, 1.807) is 11.8 Å². The standard InChI is InChI=1S/C15H26N2O4/c1-3-21-15(20)13-8-7-11-17(13)14(19)9-5-4-6-10-16-12(2)18/h13H,3-11H2,1-2H3,(H,16,18). The van der Waals surface area contributed by atoms with E-state index in [1.807, 2.05) is 0 Å². The lowest BCUT2D eigenvalue weighted by Gasteiger charge is -2.23. The molecule has 1 unspecified atom stereocenters. The summed E-state index contributed by atoms with van der Waals surface area (Å²) in [6, 6.07) is -0.392. The fraction of sp³-hybridized carbons (Fsp3) is 0.800. The molecule has 1 fully saturated rings. The molecule has 0 saturated carbocycles. The number of amides is 2. The highest BCUT2D eigenvalue weighted by Crippen LogP contribution is 2.20. The van der Waals surface area contributed by atoms with E-state index < -0.39 is 6.04 Å². The highest BCUT2D eigenvalue weighted by Gasteiger charge is 2.34. The van der Waals surface area contributed by atoms with Crippen LogP contribution in [-0.4, -0.2) is 48.4 Å². The Balaban J connectivity index is 2.24. The SMILES string of the molecule is CCOC(=O)C1CCCN1C(=O)CCCCCNC(C)=O. The summed E-state index contributed by atoms with van der Waals surface area (Å²) in [5.41, 5.74) is 0. The first-order valence-electron chi connectivity index (χ1n) is 7.76. The number of carbonyl (C=O) groups is 3. The Morgan fingerprint density at radius 1 is 1.24 bits per heavy atom. The zero-order valence-corrected chi connectivity index (χ0v) is 13.0. The average Bonchev–Trinajstić information content (AvgIpc) is 2.91. The Bertz CT molecular complexity index is 371. The van der Waals surface area contributed by atoms with Gasteiger partial charge in [0.25, 0.3) is 0 Å². The number of hydrogen-bond donors (Lipinski definition) is 1. The Morgan fingerprint density at radius 2 is 2.00 bits per heavy atom. The van der Waals surface area contributed by atoms with Gasteiger partial charge in [-0.05, 0) is 32.6 Å². The molecule has 0 aromatic rings. The fourth-order valence-corrected chi connectivity index (χ4v) is 2.53. The number of carbonyl (C=O) groups excluding carboxylic acids is 3. The number of likely N-dealkylation sites (tertiary alicyclic amines) is 1. The maximum atomic E-state index is 12.2. The Kier molecular flexibility index (Phi) is 7.79. The number of rotatable bonds is 8. The van der Waals surface area contributed by atoms with Crippen molar-refractivity contribution in [3.05, 3.63) is 0 Å². The first-order chi connectivity index (χ1) is 10.1. The smallest absolute Gasteiger partial charge is 0.328 e. The highest BCUT2D eigenvalue weighted by molar-refractivity contribution is 5.85. The summed E-state index contributed by atoms with van der Waals surface area (Å²) in [6.45, 7) is 4.91. The minimum Gasteiger partial charge on any atom is -0.464 e. The Morgan fingerprint density at radius 3 is 2.67 bits per heavy atom. The minimum atomic E-state index is -0.392. The molecule has 6 nitrogen and oxygen atoms in total. The van der Waals surface area contributed by atoms with Gasteiger partial charge in [-0.25, -0.2) is 4.79 Å². The molecular weight excluding hydrogens is 272 g/mol. The molecule has 1 aliphatic heterocycles. The third-order valence-corrected chi connectivity index (χ3v) is 3.57. The van der Waals surface area contributed by atoms with Gasteiger partial charge in [-0.1, -0.05) is 6.42 Å². The summed E-state index contributed by atoms with van der Waals surface area (Å²) in [4.78, 5) is 36.3. The summed E-state index contributed by atoms with van der Waals surface area (Å²) in [7, 11) is 0. The molecular formula is C15H26N2O4. The van der Waals surface area contributed by atoms with E-state index in [4.69, 9.17) is 4.74 Å². The lowest BCUT2D eigenvalue weighted by atomic mass is 10.1. The Hall–Kier alpha value is -1.59. The van der Waals surface area contributed by atoms with Crippen molar-refractivity contribution < 1.29 is 19.1 Å². The van der Waals surface area contributed by atoms with Gasteiger partial charge in [0.1, 0.15) is 6.04 Å². The number of hydrogen-bond acceptors (Lipinski definition) is 4. The van der Waals surface area contributed by atoms with Crippen LogP contribution in [0.4, 0.5) is 0 Å². The van der Waals surface area contributed by atoms with Crippen LogP contribution in [0.1, 0.15) is 52.4 Å². The lowest BCUT2D eigenvalue weighted by molar-refractivity contribution is -0.153. The van der Waals surface area contributed by atoms with Crippen molar-refractivity contribution in [2.75, 3.05) is 19.7 Å². The first-order valence-corrected chi connectivity index (χ1v) is 7.76. The molecule has 2 amide bonds. The van der Waals surface area contributed by atoms with E-state index in [0.717, 1.165) is 25.7 Å². The van der Waals surface area contributed by atoms with Gasteiger partial charge in [0.15, 0.2) is 0 Å². The minimum absolute atomic E-state index is 0.0274. The van der Waals surface area contributed by atoms with Crippen molar-refractivity contribution in [2.45, 2.75) is 58.4 Å². The molecule has 0 aliphatic carbocycles.